The van der Waals surface area contributed by atoms with Gasteiger partial charge in [-0.1, -0.05) is 0 Å². The minimum atomic E-state index is -0.949. The quantitative estimate of drug-likeness (QED) is 0.141. The SMILES string of the molecule is C[C@H](N)C(=O)N[C@@H](CS)C(=O)N[C@@H](CCCCN)C(=O)N[C@@H](C)C(N)=O. The maximum atomic E-state index is 12.4. The number of rotatable bonds is 12. The Kier molecular flexibility index (Phi) is 11.6. The fourth-order valence-corrected chi connectivity index (χ4v) is 2.17. The Hall–Kier alpha value is -1.85. The Morgan fingerprint density at radius 2 is 1.46 bits per heavy atom. The molecule has 0 saturated heterocycles. The van der Waals surface area contributed by atoms with Crippen molar-refractivity contribution in [2.75, 3.05) is 12.3 Å². The van der Waals surface area contributed by atoms with Crippen molar-refractivity contribution < 1.29 is 19.2 Å². The van der Waals surface area contributed by atoms with Crippen LogP contribution in [-0.4, -0.2) is 60.1 Å². The fraction of sp³-hybridized carbons (Fsp3) is 0.733. The van der Waals surface area contributed by atoms with Gasteiger partial charge in [-0.25, -0.2) is 0 Å². The van der Waals surface area contributed by atoms with Gasteiger partial charge in [0.1, 0.15) is 18.1 Å². The number of carbonyl (C=O) groups excluding carboxylic acids is 4. The Bertz CT molecular complexity index is 503. The van der Waals surface area contributed by atoms with E-state index in [-0.39, 0.29) is 5.75 Å². The van der Waals surface area contributed by atoms with Crippen LogP contribution in [0.5, 0.6) is 0 Å². The molecule has 9 N–H and O–H groups in total. The molecule has 0 spiro atoms. The number of carbonyl (C=O) groups is 4. The number of primary amides is 1. The molecule has 4 amide bonds. The molecule has 0 aliphatic rings. The summed E-state index contributed by atoms with van der Waals surface area (Å²) in [6, 6.07) is -3.51. The van der Waals surface area contributed by atoms with Crippen molar-refractivity contribution in [3.8, 4) is 0 Å². The van der Waals surface area contributed by atoms with Crippen LogP contribution in [0.25, 0.3) is 0 Å². The highest BCUT2D eigenvalue weighted by Gasteiger charge is 2.27. The Balaban J connectivity index is 5.00. The number of unbranched alkanes of at least 4 members (excludes halogenated alkanes) is 1. The summed E-state index contributed by atoms with van der Waals surface area (Å²) in [5.74, 6) is -2.29. The molecule has 0 fully saturated rings. The summed E-state index contributed by atoms with van der Waals surface area (Å²) in [6.45, 7) is 3.37. The monoisotopic (exact) mass is 390 g/mol. The van der Waals surface area contributed by atoms with Gasteiger partial charge in [0.2, 0.25) is 23.6 Å². The van der Waals surface area contributed by atoms with Gasteiger partial charge in [0.05, 0.1) is 6.04 Å². The molecule has 0 aliphatic heterocycles. The molecule has 0 rings (SSSR count). The van der Waals surface area contributed by atoms with Crippen LogP contribution in [0, 0.1) is 0 Å². The van der Waals surface area contributed by atoms with Crippen LogP contribution in [0.2, 0.25) is 0 Å². The predicted octanol–water partition coefficient (Wildman–Crippen LogP) is -2.65. The number of nitrogens with two attached hydrogens (primary N) is 3. The molecule has 0 aromatic heterocycles. The van der Waals surface area contributed by atoms with Gasteiger partial charge in [0.15, 0.2) is 0 Å². The van der Waals surface area contributed by atoms with Gasteiger partial charge in [-0.3, -0.25) is 19.2 Å². The van der Waals surface area contributed by atoms with Gasteiger partial charge in [0, 0.05) is 5.75 Å². The van der Waals surface area contributed by atoms with Crippen molar-refractivity contribution in [1.29, 1.82) is 0 Å². The molecule has 0 saturated carbocycles. The highest BCUT2D eigenvalue weighted by Crippen LogP contribution is 2.03. The Morgan fingerprint density at radius 3 is 1.92 bits per heavy atom. The molecule has 0 aliphatic carbocycles. The lowest BCUT2D eigenvalue weighted by Gasteiger charge is -2.23. The first-order valence-corrected chi connectivity index (χ1v) is 9.04. The lowest BCUT2D eigenvalue weighted by atomic mass is 10.1. The second-order valence-electron chi connectivity index (χ2n) is 6.01. The summed E-state index contributed by atoms with van der Waals surface area (Å²) < 4.78 is 0. The summed E-state index contributed by atoms with van der Waals surface area (Å²) in [4.78, 5) is 47.5. The van der Waals surface area contributed by atoms with E-state index in [9.17, 15) is 19.2 Å². The lowest BCUT2D eigenvalue weighted by Crippen LogP contribution is -2.57. The van der Waals surface area contributed by atoms with E-state index in [0.29, 0.717) is 25.8 Å². The average molecular weight is 391 g/mol. The summed E-state index contributed by atoms with van der Waals surface area (Å²) in [6.07, 6.45) is 1.58. The van der Waals surface area contributed by atoms with E-state index in [1.165, 1.54) is 13.8 Å². The molecule has 0 heterocycles. The molecule has 11 heteroatoms. The van der Waals surface area contributed by atoms with Crippen LogP contribution < -0.4 is 33.2 Å². The summed E-state index contributed by atoms with van der Waals surface area (Å²) in [5, 5.41) is 7.47. The number of nitrogens with one attached hydrogen (secondary N) is 3. The van der Waals surface area contributed by atoms with E-state index in [0.717, 1.165) is 0 Å². The molecular formula is C15H30N6O4S. The third kappa shape index (κ3) is 9.02. The van der Waals surface area contributed by atoms with E-state index < -0.39 is 47.8 Å². The first-order chi connectivity index (χ1) is 12.1. The summed E-state index contributed by atoms with van der Waals surface area (Å²) in [5.41, 5.74) is 16.0. The lowest BCUT2D eigenvalue weighted by molar-refractivity contribution is -0.133. The van der Waals surface area contributed by atoms with Gasteiger partial charge in [-0.15, -0.1) is 0 Å². The van der Waals surface area contributed by atoms with Crippen LogP contribution in [-0.2, 0) is 19.2 Å². The zero-order valence-corrected chi connectivity index (χ0v) is 16.1. The Labute approximate surface area is 158 Å². The smallest absolute Gasteiger partial charge is 0.244 e. The van der Waals surface area contributed by atoms with Gasteiger partial charge < -0.3 is 33.2 Å². The van der Waals surface area contributed by atoms with Crippen molar-refractivity contribution >= 4 is 36.3 Å². The highest BCUT2D eigenvalue weighted by atomic mass is 32.1. The van der Waals surface area contributed by atoms with Crippen molar-refractivity contribution in [3.63, 3.8) is 0 Å². The number of hydrogen-bond donors (Lipinski definition) is 7. The molecule has 0 aromatic carbocycles. The molecule has 0 unspecified atom stereocenters. The molecule has 4 atom stereocenters. The standard InChI is InChI=1S/C15H30N6O4S/c1-8(17)13(23)21-11(7-26)15(25)20-10(5-3-4-6-16)14(24)19-9(2)12(18)22/h8-11,26H,3-7,16-17H2,1-2H3,(H2,18,22)(H,19,24)(H,20,25)(H,21,23)/t8-,9-,10-,11-/m0/s1. The minimum Gasteiger partial charge on any atom is -0.368 e. The molecule has 26 heavy (non-hydrogen) atoms. The fourth-order valence-electron chi connectivity index (χ4n) is 1.92. The highest BCUT2D eigenvalue weighted by molar-refractivity contribution is 7.80. The first kappa shape index (κ1) is 24.1. The molecule has 0 aromatic rings. The third-order valence-electron chi connectivity index (χ3n) is 3.59. The molecule has 10 nitrogen and oxygen atoms in total. The number of amides is 4. The Morgan fingerprint density at radius 1 is 0.923 bits per heavy atom. The molecule has 0 radical (unpaired) electrons. The maximum absolute atomic E-state index is 12.4. The summed E-state index contributed by atoms with van der Waals surface area (Å²) in [7, 11) is 0. The third-order valence-corrected chi connectivity index (χ3v) is 3.96. The van der Waals surface area contributed by atoms with Gasteiger partial charge >= 0.3 is 0 Å². The van der Waals surface area contributed by atoms with Crippen LogP contribution in [0.1, 0.15) is 33.1 Å². The average Bonchev–Trinajstić information content (AvgIpc) is 2.57. The normalized spacial score (nSPS) is 15.3. The van der Waals surface area contributed by atoms with Crippen molar-refractivity contribution in [2.45, 2.75) is 57.3 Å². The predicted molar refractivity (Wildman–Crippen MR) is 101 cm³/mol. The van der Waals surface area contributed by atoms with E-state index in [4.69, 9.17) is 17.2 Å². The van der Waals surface area contributed by atoms with E-state index >= 15 is 0 Å². The van der Waals surface area contributed by atoms with Crippen LogP contribution in [0.4, 0.5) is 0 Å². The van der Waals surface area contributed by atoms with Crippen molar-refractivity contribution in [2.24, 2.45) is 17.2 Å². The summed E-state index contributed by atoms with van der Waals surface area (Å²) >= 11 is 4.05. The van der Waals surface area contributed by atoms with Gasteiger partial charge in [-0.05, 0) is 39.7 Å². The largest absolute Gasteiger partial charge is 0.368 e. The zero-order valence-electron chi connectivity index (χ0n) is 15.2. The van der Waals surface area contributed by atoms with Crippen LogP contribution in [0.3, 0.4) is 0 Å². The van der Waals surface area contributed by atoms with E-state index in [1.54, 1.807) is 0 Å². The maximum Gasteiger partial charge on any atom is 0.244 e. The van der Waals surface area contributed by atoms with Gasteiger partial charge in [-0.2, -0.15) is 12.6 Å². The second-order valence-corrected chi connectivity index (χ2v) is 6.38. The molecule has 150 valence electrons. The molecular weight excluding hydrogens is 360 g/mol. The minimum absolute atomic E-state index is 0.0269. The van der Waals surface area contributed by atoms with Gasteiger partial charge in [0.25, 0.3) is 0 Å². The van der Waals surface area contributed by atoms with Crippen molar-refractivity contribution in [1.82, 2.24) is 16.0 Å². The van der Waals surface area contributed by atoms with Crippen LogP contribution in [0.15, 0.2) is 0 Å². The van der Waals surface area contributed by atoms with E-state index in [1.807, 2.05) is 0 Å². The van der Waals surface area contributed by atoms with Crippen molar-refractivity contribution in [3.05, 3.63) is 0 Å². The number of thiol groups is 1. The molecule has 0 bridgehead atoms. The first-order valence-electron chi connectivity index (χ1n) is 8.40. The van der Waals surface area contributed by atoms with E-state index in [2.05, 4.69) is 28.6 Å². The zero-order chi connectivity index (χ0) is 20.3. The second kappa shape index (κ2) is 12.5. The topological polar surface area (TPSA) is 182 Å². The number of hydrogen-bond acceptors (Lipinski definition) is 7. The van der Waals surface area contributed by atoms with Crippen LogP contribution >= 0.6 is 12.6 Å².